The molecule has 1 aromatic carbocycles. The first-order chi connectivity index (χ1) is 7.29. The summed E-state index contributed by atoms with van der Waals surface area (Å²) in [6, 6.07) is 5.96. The van der Waals surface area contributed by atoms with Crippen molar-refractivity contribution >= 4 is 11.6 Å². The largest absolute Gasteiger partial charge is 0.492 e. The summed E-state index contributed by atoms with van der Waals surface area (Å²) in [5, 5.41) is 3.80. The maximum absolute atomic E-state index is 6.12. The van der Waals surface area contributed by atoms with Gasteiger partial charge in [-0.05, 0) is 43.5 Å². The van der Waals surface area contributed by atoms with Gasteiger partial charge in [-0.25, -0.2) is 0 Å². The van der Waals surface area contributed by atoms with E-state index in [2.05, 4.69) is 5.32 Å². The summed E-state index contributed by atoms with van der Waals surface area (Å²) in [6.45, 7) is 1.65. The molecule has 0 amide bonds. The Morgan fingerprint density at radius 1 is 1.47 bits per heavy atom. The van der Waals surface area contributed by atoms with Crippen molar-refractivity contribution in [3.63, 3.8) is 0 Å². The molecule has 0 spiro atoms. The van der Waals surface area contributed by atoms with E-state index in [9.17, 15) is 0 Å². The van der Waals surface area contributed by atoms with Gasteiger partial charge < -0.3 is 10.1 Å². The number of hydrogen-bond acceptors (Lipinski definition) is 2. The lowest BCUT2D eigenvalue weighted by atomic mass is 10.2. The molecule has 1 fully saturated rings. The minimum absolute atomic E-state index is 0.711. The van der Waals surface area contributed by atoms with Gasteiger partial charge in [0, 0.05) is 6.54 Å². The minimum Gasteiger partial charge on any atom is -0.492 e. The maximum atomic E-state index is 6.12. The molecule has 0 radical (unpaired) electrons. The first-order valence-corrected chi connectivity index (χ1v) is 5.73. The van der Waals surface area contributed by atoms with Gasteiger partial charge in [0.2, 0.25) is 0 Å². The number of nitrogens with one attached hydrogen (secondary N) is 1. The van der Waals surface area contributed by atoms with Gasteiger partial charge in [0.05, 0.1) is 11.6 Å². The number of halogens is 1. The number of ether oxygens (including phenoxy) is 1. The van der Waals surface area contributed by atoms with E-state index in [1.54, 1.807) is 0 Å². The summed E-state index contributed by atoms with van der Waals surface area (Å²) >= 11 is 6.12. The molecular weight excluding hydrogens is 210 g/mol. The lowest BCUT2D eigenvalue weighted by Gasteiger charge is -2.08. The molecule has 1 saturated carbocycles. The first kappa shape index (κ1) is 10.8. The molecule has 0 atom stereocenters. The van der Waals surface area contributed by atoms with Crippen LogP contribution in [-0.4, -0.2) is 13.7 Å². The predicted octanol–water partition coefficient (Wildman–Crippen LogP) is 2.85. The van der Waals surface area contributed by atoms with Gasteiger partial charge in [-0.2, -0.15) is 0 Å². The second kappa shape index (κ2) is 4.86. The SMILES string of the molecule is CNCc1ccc(OCC2CC2)c(Cl)c1. The lowest BCUT2D eigenvalue weighted by molar-refractivity contribution is 0.300. The smallest absolute Gasteiger partial charge is 0.137 e. The zero-order valence-electron chi connectivity index (χ0n) is 8.92. The van der Waals surface area contributed by atoms with Gasteiger partial charge in [0.15, 0.2) is 0 Å². The van der Waals surface area contributed by atoms with Crippen LogP contribution in [0, 0.1) is 5.92 Å². The molecule has 0 aliphatic heterocycles. The lowest BCUT2D eigenvalue weighted by Crippen LogP contribution is -2.05. The average molecular weight is 226 g/mol. The van der Waals surface area contributed by atoms with Crippen LogP contribution in [0.1, 0.15) is 18.4 Å². The third-order valence-corrected chi connectivity index (χ3v) is 2.84. The van der Waals surface area contributed by atoms with E-state index >= 15 is 0 Å². The Bertz CT molecular complexity index is 336. The van der Waals surface area contributed by atoms with Crippen LogP contribution in [0.3, 0.4) is 0 Å². The normalized spacial score (nSPS) is 15.3. The second-order valence-corrected chi connectivity index (χ2v) is 4.46. The number of rotatable bonds is 5. The Labute approximate surface area is 95.6 Å². The molecule has 0 unspecified atom stereocenters. The minimum atomic E-state index is 0.711. The van der Waals surface area contributed by atoms with Gasteiger partial charge in [0.25, 0.3) is 0 Å². The summed E-state index contributed by atoms with van der Waals surface area (Å²) in [7, 11) is 1.92. The molecule has 2 rings (SSSR count). The van der Waals surface area contributed by atoms with Crippen molar-refractivity contribution in [1.29, 1.82) is 0 Å². The Morgan fingerprint density at radius 2 is 2.27 bits per heavy atom. The topological polar surface area (TPSA) is 21.3 Å². The van der Waals surface area contributed by atoms with Gasteiger partial charge in [0.1, 0.15) is 5.75 Å². The van der Waals surface area contributed by atoms with Gasteiger partial charge in [-0.3, -0.25) is 0 Å². The zero-order chi connectivity index (χ0) is 10.7. The van der Waals surface area contributed by atoms with E-state index in [4.69, 9.17) is 16.3 Å². The first-order valence-electron chi connectivity index (χ1n) is 5.35. The molecule has 82 valence electrons. The van der Waals surface area contributed by atoms with Crippen LogP contribution >= 0.6 is 11.6 Å². The molecule has 1 N–H and O–H groups in total. The molecule has 1 aromatic rings. The van der Waals surface area contributed by atoms with Crippen LogP contribution in [0.15, 0.2) is 18.2 Å². The van der Waals surface area contributed by atoms with E-state index in [-0.39, 0.29) is 0 Å². The van der Waals surface area contributed by atoms with Crippen molar-refractivity contribution in [3.05, 3.63) is 28.8 Å². The van der Waals surface area contributed by atoms with E-state index in [0.717, 1.165) is 24.8 Å². The van der Waals surface area contributed by atoms with E-state index in [0.29, 0.717) is 5.02 Å². The Kier molecular flexibility index (Phi) is 3.49. The summed E-state index contributed by atoms with van der Waals surface area (Å²) < 4.78 is 5.64. The fourth-order valence-corrected chi connectivity index (χ4v) is 1.73. The van der Waals surface area contributed by atoms with Crippen LogP contribution in [0.4, 0.5) is 0 Å². The monoisotopic (exact) mass is 225 g/mol. The van der Waals surface area contributed by atoms with Crippen molar-refractivity contribution in [2.45, 2.75) is 19.4 Å². The molecule has 15 heavy (non-hydrogen) atoms. The van der Waals surface area contributed by atoms with Crippen LogP contribution in [-0.2, 0) is 6.54 Å². The van der Waals surface area contributed by atoms with Crippen molar-refractivity contribution in [1.82, 2.24) is 5.32 Å². The van der Waals surface area contributed by atoms with Gasteiger partial charge >= 0.3 is 0 Å². The highest BCUT2D eigenvalue weighted by molar-refractivity contribution is 6.32. The van der Waals surface area contributed by atoms with Gasteiger partial charge in [-0.15, -0.1) is 0 Å². The molecule has 2 nitrogen and oxygen atoms in total. The summed E-state index contributed by atoms with van der Waals surface area (Å²) in [5.74, 6) is 1.57. The van der Waals surface area contributed by atoms with Crippen molar-refractivity contribution in [2.75, 3.05) is 13.7 Å². The molecule has 0 saturated heterocycles. The highest BCUT2D eigenvalue weighted by atomic mass is 35.5. The van der Waals surface area contributed by atoms with Crippen LogP contribution < -0.4 is 10.1 Å². The fourth-order valence-electron chi connectivity index (χ4n) is 1.47. The summed E-state index contributed by atoms with van der Waals surface area (Å²) in [6.07, 6.45) is 2.60. The Balaban J connectivity index is 1.97. The number of hydrogen-bond donors (Lipinski definition) is 1. The highest BCUT2D eigenvalue weighted by Crippen LogP contribution is 2.31. The van der Waals surface area contributed by atoms with Crippen molar-refractivity contribution in [3.8, 4) is 5.75 Å². The zero-order valence-corrected chi connectivity index (χ0v) is 9.68. The summed E-state index contributed by atoms with van der Waals surface area (Å²) in [4.78, 5) is 0. The third kappa shape index (κ3) is 3.11. The average Bonchev–Trinajstić information content (AvgIpc) is 3.01. The van der Waals surface area contributed by atoms with Crippen molar-refractivity contribution in [2.24, 2.45) is 5.92 Å². The van der Waals surface area contributed by atoms with E-state index in [1.165, 1.54) is 18.4 Å². The standard InChI is InChI=1S/C12H16ClNO/c1-14-7-10-4-5-12(11(13)6-10)15-8-9-2-3-9/h4-6,9,14H,2-3,7-8H2,1H3. The fraction of sp³-hybridized carbons (Fsp3) is 0.500. The number of benzene rings is 1. The summed E-state index contributed by atoms with van der Waals surface area (Å²) in [5.41, 5.74) is 1.18. The van der Waals surface area contributed by atoms with Crippen LogP contribution in [0.25, 0.3) is 0 Å². The second-order valence-electron chi connectivity index (χ2n) is 4.05. The van der Waals surface area contributed by atoms with Crippen molar-refractivity contribution < 1.29 is 4.74 Å². The molecule has 3 heteroatoms. The van der Waals surface area contributed by atoms with E-state index in [1.807, 2.05) is 25.2 Å². The molecule has 1 aliphatic rings. The maximum Gasteiger partial charge on any atom is 0.137 e. The molecular formula is C12H16ClNO. The van der Waals surface area contributed by atoms with Crippen LogP contribution in [0.5, 0.6) is 5.75 Å². The highest BCUT2D eigenvalue weighted by Gasteiger charge is 2.22. The molecule has 1 aliphatic carbocycles. The Hall–Kier alpha value is -0.730. The Morgan fingerprint density at radius 3 is 2.87 bits per heavy atom. The third-order valence-electron chi connectivity index (χ3n) is 2.55. The predicted molar refractivity (Wildman–Crippen MR) is 62.4 cm³/mol. The van der Waals surface area contributed by atoms with Gasteiger partial charge in [-0.1, -0.05) is 17.7 Å². The molecule has 0 bridgehead atoms. The van der Waals surface area contributed by atoms with Crippen LogP contribution in [0.2, 0.25) is 5.02 Å². The molecule has 0 heterocycles. The van der Waals surface area contributed by atoms with E-state index < -0.39 is 0 Å². The quantitative estimate of drug-likeness (QED) is 0.832. The molecule has 0 aromatic heterocycles.